The van der Waals surface area contributed by atoms with E-state index < -0.39 is 0 Å². The summed E-state index contributed by atoms with van der Waals surface area (Å²) in [5.74, 6) is 0. The Hall–Kier alpha value is -0.590. The Bertz CT molecular complexity index is 159. The van der Waals surface area contributed by atoms with Gasteiger partial charge in [0.15, 0.2) is 0 Å². The summed E-state index contributed by atoms with van der Waals surface area (Å²) < 4.78 is 10.5. The molecule has 0 aromatic rings. The Kier molecular flexibility index (Phi) is 5.55. The van der Waals surface area contributed by atoms with E-state index in [0.29, 0.717) is 12.7 Å². The molecular weight excluding hydrogens is 166 g/mol. The van der Waals surface area contributed by atoms with Crippen LogP contribution in [0.2, 0.25) is 0 Å². The molecule has 1 aliphatic rings. The highest BCUT2D eigenvalue weighted by Gasteiger charge is 2.14. The van der Waals surface area contributed by atoms with Crippen LogP contribution < -0.4 is 0 Å². The first-order chi connectivity index (χ1) is 6.43. The van der Waals surface area contributed by atoms with E-state index in [1.54, 1.807) is 0 Å². The van der Waals surface area contributed by atoms with E-state index in [0.717, 1.165) is 25.9 Å². The molecule has 0 amide bonds. The molecule has 3 nitrogen and oxygen atoms in total. The summed E-state index contributed by atoms with van der Waals surface area (Å²) in [5.41, 5.74) is 0. The lowest BCUT2D eigenvalue weighted by molar-refractivity contribution is 0.0971. The molecule has 0 bridgehead atoms. The molecule has 0 N–H and O–H groups in total. The lowest BCUT2D eigenvalue weighted by atomic mass is 10.1. The maximum atomic E-state index is 8.20. The van der Waals surface area contributed by atoms with Crippen molar-refractivity contribution in [3.05, 3.63) is 0 Å². The maximum absolute atomic E-state index is 8.20. The van der Waals surface area contributed by atoms with E-state index in [9.17, 15) is 0 Å². The second kappa shape index (κ2) is 6.88. The zero-order valence-electron chi connectivity index (χ0n) is 8.00. The summed E-state index contributed by atoms with van der Waals surface area (Å²) in [5, 5.41) is 8.20. The van der Waals surface area contributed by atoms with E-state index in [-0.39, 0.29) is 6.61 Å². The summed E-state index contributed by atoms with van der Waals surface area (Å²) in [6.45, 7) is 1.87. The third-order valence-corrected chi connectivity index (χ3v) is 2.26. The van der Waals surface area contributed by atoms with Crippen LogP contribution in [0.15, 0.2) is 0 Å². The van der Waals surface area contributed by atoms with Gasteiger partial charge in [-0.3, -0.25) is 0 Å². The normalized spacial score (nSPS) is 21.6. The highest BCUT2D eigenvalue weighted by atomic mass is 16.5. The quantitative estimate of drug-likeness (QED) is 0.590. The number of ether oxygens (including phenoxy) is 2. The average molecular weight is 183 g/mol. The second-order valence-corrected chi connectivity index (χ2v) is 3.34. The number of hydrogen-bond donors (Lipinski definition) is 0. The zero-order chi connectivity index (χ0) is 9.36. The van der Waals surface area contributed by atoms with Crippen LogP contribution in [0, 0.1) is 11.3 Å². The van der Waals surface area contributed by atoms with Crippen molar-refractivity contribution in [1.82, 2.24) is 0 Å². The molecule has 3 heteroatoms. The molecule has 0 aromatic heterocycles. The van der Waals surface area contributed by atoms with Crippen LogP contribution in [-0.4, -0.2) is 25.9 Å². The van der Waals surface area contributed by atoms with Crippen molar-refractivity contribution >= 4 is 0 Å². The van der Waals surface area contributed by atoms with Crippen LogP contribution in [0.5, 0.6) is 0 Å². The third kappa shape index (κ3) is 4.87. The molecule has 1 heterocycles. The van der Waals surface area contributed by atoms with Gasteiger partial charge in [-0.15, -0.1) is 0 Å². The first kappa shape index (κ1) is 10.5. The summed E-state index contributed by atoms with van der Waals surface area (Å²) in [6, 6.07) is 1.95. The van der Waals surface area contributed by atoms with Gasteiger partial charge in [0.2, 0.25) is 0 Å². The molecule has 0 saturated carbocycles. The number of nitrogens with zero attached hydrogens (tertiary/aromatic N) is 1. The maximum Gasteiger partial charge on any atom is 0.133 e. The first-order valence-electron chi connectivity index (χ1n) is 5.00. The van der Waals surface area contributed by atoms with Crippen LogP contribution >= 0.6 is 0 Å². The molecule has 0 radical (unpaired) electrons. The number of nitriles is 1. The van der Waals surface area contributed by atoms with Gasteiger partial charge >= 0.3 is 0 Å². The van der Waals surface area contributed by atoms with Crippen molar-refractivity contribution in [1.29, 1.82) is 5.26 Å². The molecule has 1 fully saturated rings. The van der Waals surface area contributed by atoms with Gasteiger partial charge in [0.1, 0.15) is 6.61 Å². The standard InChI is InChI=1S/C10H17NO2/c11-6-9-12-7-2-1-4-10-5-3-8-13-10/h10H,1-5,7-9H2. The van der Waals surface area contributed by atoms with E-state index >= 15 is 0 Å². The highest BCUT2D eigenvalue weighted by molar-refractivity contribution is 4.67. The molecule has 74 valence electrons. The van der Waals surface area contributed by atoms with E-state index in [4.69, 9.17) is 14.7 Å². The Morgan fingerprint density at radius 2 is 2.38 bits per heavy atom. The average Bonchev–Trinajstić information content (AvgIpc) is 2.63. The van der Waals surface area contributed by atoms with Crippen molar-refractivity contribution in [3.63, 3.8) is 0 Å². The van der Waals surface area contributed by atoms with Crippen LogP contribution in [0.25, 0.3) is 0 Å². The SMILES string of the molecule is N#CCOCCCCC1CCCO1. The van der Waals surface area contributed by atoms with Crippen molar-refractivity contribution in [2.75, 3.05) is 19.8 Å². The van der Waals surface area contributed by atoms with Crippen molar-refractivity contribution in [3.8, 4) is 6.07 Å². The smallest absolute Gasteiger partial charge is 0.133 e. The molecular formula is C10H17NO2. The van der Waals surface area contributed by atoms with E-state index in [1.165, 1.54) is 12.8 Å². The van der Waals surface area contributed by atoms with E-state index in [1.807, 2.05) is 6.07 Å². The van der Waals surface area contributed by atoms with Gasteiger partial charge in [-0.2, -0.15) is 5.26 Å². The fourth-order valence-electron chi connectivity index (χ4n) is 1.57. The van der Waals surface area contributed by atoms with E-state index in [2.05, 4.69) is 0 Å². The first-order valence-corrected chi connectivity index (χ1v) is 5.00. The second-order valence-electron chi connectivity index (χ2n) is 3.34. The Labute approximate surface area is 79.6 Å². The summed E-state index contributed by atoms with van der Waals surface area (Å²) in [4.78, 5) is 0. The minimum Gasteiger partial charge on any atom is -0.378 e. The van der Waals surface area contributed by atoms with Crippen LogP contribution in [0.3, 0.4) is 0 Å². The van der Waals surface area contributed by atoms with Gasteiger partial charge < -0.3 is 9.47 Å². The van der Waals surface area contributed by atoms with Gasteiger partial charge in [-0.25, -0.2) is 0 Å². The van der Waals surface area contributed by atoms with Crippen molar-refractivity contribution < 1.29 is 9.47 Å². The topological polar surface area (TPSA) is 42.2 Å². The number of unbranched alkanes of at least 4 members (excludes halogenated alkanes) is 1. The molecule has 0 spiro atoms. The Morgan fingerprint density at radius 1 is 1.46 bits per heavy atom. The predicted octanol–water partition coefficient (Wildman–Crippen LogP) is 1.88. The molecule has 1 atom stereocenters. The Balaban J connectivity index is 1.81. The number of hydrogen-bond acceptors (Lipinski definition) is 3. The highest BCUT2D eigenvalue weighted by Crippen LogP contribution is 2.17. The van der Waals surface area contributed by atoms with Gasteiger partial charge in [-0.05, 0) is 32.1 Å². The van der Waals surface area contributed by atoms with Gasteiger partial charge in [-0.1, -0.05) is 0 Å². The van der Waals surface area contributed by atoms with Gasteiger partial charge in [0, 0.05) is 13.2 Å². The van der Waals surface area contributed by atoms with Gasteiger partial charge in [0.25, 0.3) is 0 Å². The minimum absolute atomic E-state index is 0.222. The number of rotatable bonds is 6. The summed E-state index contributed by atoms with van der Waals surface area (Å²) in [6.07, 6.45) is 6.28. The summed E-state index contributed by atoms with van der Waals surface area (Å²) >= 11 is 0. The fraction of sp³-hybridized carbons (Fsp3) is 0.900. The Morgan fingerprint density at radius 3 is 3.08 bits per heavy atom. The zero-order valence-corrected chi connectivity index (χ0v) is 8.00. The molecule has 1 rings (SSSR count). The molecule has 0 aromatic carbocycles. The molecule has 1 saturated heterocycles. The molecule has 1 aliphatic heterocycles. The monoisotopic (exact) mass is 183 g/mol. The van der Waals surface area contributed by atoms with Crippen LogP contribution in [-0.2, 0) is 9.47 Å². The molecule has 0 aliphatic carbocycles. The fourth-order valence-corrected chi connectivity index (χ4v) is 1.57. The van der Waals surface area contributed by atoms with Gasteiger partial charge in [0.05, 0.1) is 12.2 Å². The minimum atomic E-state index is 0.222. The van der Waals surface area contributed by atoms with Crippen LogP contribution in [0.1, 0.15) is 32.1 Å². The predicted molar refractivity (Wildman–Crippen MR) is 49.3 cm³/mol. The largest absolute Gasteiger partial charge is 0.378 e. The van der Waals surface area contributed by atoms with Crippen molar-refractivity contribution in [2.45, 2.75) is 38.2 Å². The summed E-state index contributed by atoms with van der Waals surface area (Å²) in [7, 11) is 0. The van der Waals surface area contributed by atoms with Crippen molar-refractivity contribution in [2.24, 2.45) is 0 Å². The van der Waals surface area contributed by atoms with Crippen LogP contribution in [0.4, 0.5) is 0 Å². The third-order valence-electron chi connectivity index (χ3n) is 2.26. The molecule has 13 heavy (non-hydrogen) atoms. The molecule has 1 unspecified atom stereocenters. The lowest BCUT2D eigenvalue weighted by Crippen LogP contribution is -2.05. The lowest BCUT2D eigenvalue weighted by Gasteiger charge is -2.07.